The summed E-state index contributed by atoms with van der Waals surface area (Å²) in [6, 6.07) is 24.1. The lowest BCUT2D eigenvalue weighted by molar-refractivity contribution is 0.171. The van der Waals surface area contributed by atoms with E-state index in [0.717, 1.165) is 28.9 Å². The van der Waals surface area contributed by atoms with E-state index in [1.807, 2.05) is 48.5 Å². The Morgan fingerprint density at radius 1 is 0.477 bits per heavy atom. The summed E-state index contributed by atoms with van der Waals surface area (Å²) in [5.41, 5.74) is 4.13. The first kappa shape index (κ1) is 43.0. The fourth-order valence-electron chi connectivity index (χ4n) is 3.35. The Hall–Kier alpha value is -3.14. The third kappa shape index (κ3) is 23.3. The van der Waals surface area contributed by atoms with Gasteiger partial charge in [-0.1, -0.05) is 140 Å². The number of ether oxygens (including phenoxy) is 4. The molecule has 3 aliphatic rings. The molecule has 4 nitrogen and oxygen atoms in total. The molecule has 250 valence electrons. The predicted octanol–water partition coefficient (Wildman–Crippen LogP) is 12.1. The number of rotatable bonds is 0. The van der Waals surface area contributed by atoms with Gasteiger partial charge >= 0.3 is 0 Å². The molecule has 3 aromatic carbocycles. The molecule has 0 atom stereocenters. The summed E-state index contributed by atoms with van der Waals surface area (Å²) >= 11 is 0. The minimum absolute atomic E-state index is 0. The molecular formula is C40H66O4. The van der Waals surface area contributed by atoms with E-state index in [0.29, 0.717) is 30.8 Å². The minimum atomic E-state index is 0. The molecule has 4 heteroatoms. The highest BCUT2D eigenvalue weighted by molar-refractivity contribution is 5.41. The Bertz CT molecular complexity index is 975. The van der Waals surface area contributed by atoms with E-state index < -0.39 is 0 Å². The number of aryl methyl sites for hydroxylation is 2. The average molecular weight is 611 g/mol. The average Bonchev–Trinajstić information content (AvgIpc) is 3.57. The molecule has 2 heterocycles. The summed E-state index contributed by atoms with van der Waals surface area (Å²) in [7, 11) is 0. The third-order valence-corrected chi connectivity index (χ3v) is 4.74. The SMILES string of the molecule is C.C.CC(C)(C)C.CC(C)(C)C.CC(C)C.c1ccc2c(c1)CCC2.c1ccc2c(c1)OCCO2.c1ccc2c(c1)OCO2. The molecule has 0 saturated heterocycles. The van der Waals surface area contributed by atoms with Crippen molar-refractivity contribution in [3.63, 3.8) is 0 Å². The summed E-state index contributed by atoms with van der Waals surface area (Å²) < 4.78 is 20.7. The normalized spacial score (nSPS) is 12.9. The van der Waals surface area contributed by atoms with Crippen LogP contribution >= 0.6 is 0 Å². The first-order chi connectivity index (χ1) is 19.6. The van der Waals surface area contributed by atoms with Crippen LogP contribution in [0.15, 0.2) is 72.8 Å². The maximum atomic E-state index is 5.30. The molecule has 2 aliphatic heterocycles. The fourth-order valence-corrected chi connectivity index (χ4v) is 3.35. The lowest BCUT2D eigenvalue weighted by Gasteiger charge is -2.17. The molecule has 44 heavy (non-hydrogen) atoms. The molecule has 6 rings (SSSR count). The lowest BCUT2D eigenvalue weighted by atomic mass is 10.0. The number of benzene rings is 3. The van der Waals surface area contributed by atoms with Crippen molar-refractivity contribution in [2.24, 2.45) is 16.7 Å². The zero-order chi connectivity index (χ0) is 31.6. The largest absolute Gasteiger partial charge is 0.486 e. The van der Waals surface area contributed by atoms with Gasteiger partial charge in [-0.15, -0.1) is 0 Å². The van der Waals surface area contributed by atoms with Crippen LogP contribution < -0.4 is 18.9 Å². The highest BCUT2D eigenvalue weighted by Crippen LogP contribution is 2.30. The van der Waals surface area contributed by atoms with Crippen LogP contribution in [0.4, 0.5) is 0 Å². The van der Waals surface area contributed by atoms with Crippen molar-refractivity contribution < 1.29 is 18.9 Å². The van der Waals surface area contributed by atoms with Gasteiger partial charge in [-0.25, -0.2) is 0 Å². The van der Waals surface area contributed by atoms with Gasteiger partial charge in [0.2, 0.25) is 6.79 Å². The molecule has 0 N–H and O–H groups in total. The molecule has 0 bridgehead atoms. The van der Waals surface area contributed by atoms with Gasteiger partial charge in [0.1, 0.15) is 13.2 Å². The summed E-state index contributed by atoms with van der Waals surface area (Å²) in [4.78, 5) is 0. The maximum absolute atomic E-state index is 5.30. The van der Waals surface area contributed by atoms with Crippen LogP contribution in [-0.2, 0) is 12.8 Å². The van der Waals surface area contributed by atoms with Crippen LogP contribution in [0, 0.1) is 16.7 Å². The quantitative estimate of drug-likeness (QED) is 0.254. The van der Waals surface area contributed by atoms with E-state index in [1.54, 1.807) is 11.1 Å². The Kier molecular flexibility index (Phi) is 21.9. The van der Waals surface area contributed by atoms with E-state index in [1.165, 1.54) is 19.3 Å². The van der Waals surface area contributed by atoms with Crippen molar-refractivity contribution in [1.82, 2.24) is 0 Å². The van der Waals surface area contributed by atoms with Gasteiger partial charge in [0, 0.05) is 0 Å². The molecule has 0 aromatic heterocycles. The van der Waals surface area contributed by atoms with E-state index in [4.69, 9.17) is 18.9 Å². The van der Waals surface area contributed by atoms with Gasteiger partial charge in [-0.3, -0.25) is 0 Å². The summed E-state index contributed by atoms with van der Waals surface area (Å²) in [5, 5.41) is 0. The number of fused-ring (bicyclic) bond motifs is 3. The first-order valence-electron chi connectivity index (χ1n) is 15.4. The smallest absolute Gasteiger partial charge is 0.231 e. The van der Waals surface area contributed by atoms with E-state index in [2.05, 4.69) is 100 Å². The third-order valence-electron chi connectivity index (χ3n) is 4.74. The van der Waals surface area contributed by atoms with Crippen LogP contribution in [-0.4, -0.2) is 20.0 Å². The molecule has 0 fully saturated rings. The molecule has 0 amide bonds. The topological polar surface area (TPSA) is 36.9 Å². The number of para-hydroxylation sites is 4. The van der Waals surface area contributed by atoms with Gasteiger partial charge in [0.15, 0.2) is 23.0 Å². The van der Waals surface area contributed by atoms with Gasteiger partial charge < -0.3 is 18.9 Å². The van der Waals surface area contributed by atoms with Crippen LogP contribution in [0.3, 0.4) is 0 Å². The Labute approximate surface area is 272 Å². The van der Waals surface area contributed by atoms with Crippen LogP contribution in [0.1, 0.15) is 109 Å². The van der Waals surface area contributed by atoms with Gasteiger partial charge in [0.25, 0.3) is 0 Å². The molecule has 0 radical (unpaired) electrons. The molecule has 0 saturated carbocycles. The van der Waals surface area contributed by atoms with E-state index >= 15 is 0 Å². The second kappa shape index (κ2) is 22.4. The minimum Gasteiger partial charge on any atom is -0.486 e. The zero-order valence-electron chi connectivity index (χ0n) is 28.4. The lowest BCUT2D eigenvalue weighted by Crippen LogP contribution is -2.14. The monoisotopic (exact) mass is 610 g/mol. The van der Waals surface area contributed by atoms with Crippen LogP contribution in [0.25, 0.3) is 0 Å². The Balaban J connectivity index is 0. The number of hydrogen-bond acceptors (Lipinski definition) is 4. The number of hydrogen-bond donors (Lipinski definition) is 0. The standard InChI is InChI=1S/C9H10.C8H8O2.C7H6O2.2C5H12.C4H10.2CH4/c1-2-5-9-7-3-6-8(9)4-1;1-2-4-8-7(3-1)9-5-6-10-8;1-2-4-7-6(3-1)8-5-9-7;2*1-5(2,3)4;1-4(2)3;;/h1-2,4-5H,3,6-7H2;1-4H,5-6H2;1-4H,5H2;2*1-4H3;4H,1-3H3;2*1H4. The molecule has 1 aliphatic carbocycles. The summed E-state index contributed by atoms with van der Waals surface area (Å²) in [6.07, 6.45) is 3.96. The van der Waals surface area contributed by atoms with Gasteiger partial charge in [0.05, 0.1) is 0 Å². The van der Waals surface area contributed by atoms with Crippen molar-refractivity contribution >= 4 is 0 Å². The van der Waals surface area contributed by atoms with Crippen molar-refractivity contribution in [2.75, 3.05) is 20.0 Å². The van der Waals surface area contributed by atoms with Crippen LogP contribution in [0.2, 0.25) is 0 Å². The van der Waals surface area contributed by atoms with E-state index in [9.17, 15) is 0 Å². The molecule has 0 spiro atoms. The second-order valence-corrected chi connectivity index (χ2v) is 14.4. The highest BCUT2D eigenvalue weighted by atomic mass is 16.7. The van der Waals surface area contributed by atoms with Crippen molar-refractivity contribution in [3.05, 3.63) is 83.9 Å². The Morgan fingerprint density at radius 2 is 0.727 bits per heavy atom. The zero-order valence-corrected chi connectivity index (χ0v) is 28.4. The molecule has 0 unspecified atom stereocenters. The first-order valence-corrected chi connectivity index (χ1v) is 15.4. The van der Waals surface area contributed by atoms with Crippen molar-refractivity contribution in [3.8, 4) is 23.0 Å². The van der Waals surface area contributed by atoms with Crippen molar-refractivity contribution in [1.29, 1.82) is 0 Å². The second-order valence-electron chi connectivity index (χ2n) is 14.4. The van der Waals surface area contributed by atoms with Crippen molar-refractivity contribution in [2.45, 2.75) is 110 Å². The predicted molar refractivity (Wildman–Crippen MR) is 193 cm³/mol. The molecule has 3 aromatic rings. The summed E-state index contributed by atoms with van der Waals surface area (Å²) in [5.74, 6) is 4.23. The summed E-state index contributed by atoms with van der Waals surface area (Å²) in [6.45, 7) is 25.7. The Morgan fingerprint density at radius 3 is 1.02 bits per heavy atom. The maximum Gasteiger partial charge on any atom is 0.231 e. The highest BCUT2D eigenvalue weighted by Gasteiger charge is 2.10. The van der Waals surface area contributed by atoms with Gasteiger partial charge in [-0.05, 0) is 71.4 Å². The van der Waals surface area contributed by atoms with Crippen LogP contribution in [0.5, 0.6) is 23.0 Å². The van der Waals surface area contributed by atoms with Gasteiger partial charge in [-0.2, -0.15) is 0 Å². The molecular weight excluding hydrogens is 544 g/mol. The van der Waals surface area contributed by atoms with E-state index in [-0.39, 0.29) is 14.9 Å². The fraction of sp³-hybridized carbons (Fsp3) is 0.550.